The molecule has 0 N–H and O–H groups in total. The fourth-order valence-corrected chi connectivity index (χ4v) is 4.39. The monoisotopic (exact) mass is 370 g/mol. The maximum absolute atomic E-state index is 12.8. The Labute approximate surface area is 152 Å². The van der Waals surface area contributed by atoms with Crippen LogP contribution < -0.4 is 4.90 Å². The molecule has 0 spiro atoms. The number of ether oxygens (including phenoxy) is 1. The van der Waals surface area contributed by atoms with Gasteiger partial charge in [-0.2, -0.15) is 11.3 Å². The molecule has 0 saturated heterocycles. The molecule has 4 rings (SSSR count). The first kappa shape index (κ1) is 16.0. The smallest absolute Gasteiger partial charge is 0.337 e. The highest BCUT2D eigenvalue weighted by Gasteiger charge is 2.28. The van der Waals surface area contributed by atoms with Gasteiger partial charge in [0.1, 0.15) is 10.7 Å². The van der Waals surface area contributed by atoms with E-state index in [0.29, 0.717) is 24.2 Å². The molecule has 0 saturated carbocycles. The summed E-state index contributed by atoms with van der Waals surface area (Å²) in [5, 5.41) is 6.67. The van der Waals surface area contributed by atoms with Crippen LogP contribution in [0.3, 0.4) is 0 Å². The summed E-state index contributed by atoms with van der Waals surface area (Å²) in [6.45, 7) is 0.587. The number of fused-ring (bicyclic) bond motifs is 1. The number of rotatable bonds is 3. The maximum Gasteiger partial charge on any atom is 0.337 e. The number of esters is 1. The van der Waals surface area contributed by atoms with Crippen molar-refractivity contribution in [3.63, 3.8) is 0 Å². The number of carbonyl (C=O) groups excluding carboxylic acids is 2. The minimum absolute atomic E-state index is 0.109. The van der Waals surface area contributed by atoms with Crippen LogP contribution in [0.15, 0.2) is 40.4 Å². The van der Waals surface area contributed by atoms with Crippen LogP contribution >= 0.6 is 22.7 Å². The molecule has 0 radical (unpaired) electrons. The summed E-state index contributed by atoms with van der Waals surface area (Å²) < 4.78 is 4.75. The number of aromatic nitrogens is 1. The van der Waals surface area contributed by atoms with Crippen LogP contribution in [-0.4, -0.2) is 30.5 Å². The second-order valence-electron chi connectivity index (χ2n) is 5.59. The van der Waals surface area contributed by atoms with Gasteiger partial charge in [0.25, 0.3) is 5.91 Å². The third-order valence-corrected chi connectivity index (χ3v) is 5.71. The Hall–Kier alpha value is -2.51. The third kappa shape index (κ3) is 2.85. The van der Waals surface area contributed by atoms with Gasteiger partial charge in [0, 0.05) is 28.6 Å². The second-order valence-corrected chi connectivity index (χ2v) is 7.23. The predicted octanol–water partition coefficient (Wildman–Crippen LogP) is 3.86. The quantitative estimate of drug-likeness (QED) is 0.657. The zero-order valence-electron chi connectivity index (χ0n) is 13.4. The van der Waals surface area contributed by atoms with E-state index >= 15 is 0 Å². The highest BCUT2D eigenvalue weighted by molar-refractivity contribution is 7.14. The van der Waals surface area contributed by atoms with Crippen LogP contribution in [0.4, 0.5) is 5.69 Å². The van der Waals surface area contributed by atoms with E-state index in [2.05, 4.69) is 4.98 Å². The molecule has 0 unspecified atom stereocenters. The SMILES string of the molecule is COC(=O)c1ccc2c(c1)CCN2C(=O)c1csc(-c2ccsc2)n1. The number of thiazole rings is 1. The number of amides is 1. The molecule has 1 aromatic carbocycles. The van der Waals surface area contributed by atoms with Crippen molar-refractivity contribution in [2.75, 3.05) is 18.6 Å². The van der Waals surface area contributed by atoms with Gasteiger partial charge in [0.05, 0.1) is 12.7 Å². The predicted molar refractivity (Wildman–Crippen MR) is 98.6 cm³/mol. The van der Waals surface area contributed by atoms with Crippen LogP contribution in [0.1, 0.15) is 26.4 Å². The van der Waals surface area contributed by atoms with Crippen molar-refractivity contribution in [2.24, 2.45) is 0 Å². The lowest BCUT2D eigenvalue weighted by atomic mass is 10.1. The number of hydrogen-bond donors (Lipinski definition) is 0. The standard InChI is InChI=1S/C18H14N2O3S2/c1-23-18(22)12-2-3-15-11(8-12)4-6-20(15)17(21)14-10-25-16(19-14)13-5-7-24-9-13/h2-3,5,7-10H,4,6H2,1H3. The topological polar surface area (TPSA) is 59.5 Å². The van der Waals surface area contributed by atoms with Gasteiger partial charge in [-0.05, 0) is 41.6 Å². The minimum Gasteiger partial charge on any atom is -0.465 e. The highest BCUT2D eigenvalue weighted by Crippen LogP contribution is 2.32. The van der Waals surface area contributed by atoms with E-state index in [-0.39, 0.29) is 11.9 Å². The van der Waals surface area contributed by atoms with E-state index in [0.717, 1.165) is 21.8 Å². The van der Waals surface area contributed by atoms with Gasteiger partial charge in [-0.3, -0.25) is 4.79 Å². The van der Waals surface area contributed by atoms with Gasteiger partial charge < -0.3 is 9.64 Å². The zero-order chi connectivity index (χ0) is 17.4. The van der Waals surface area contributed by atoms with Crippen molar-refractivity contribution in [1.29, 1.82) is 0 Å². The molecule has 3 heterocycles. The molecule has 0 fully saturated rings. The number of methoxy groups -OCH3 is 1. The van der Waals surface area contributed by atoms with E-state index in [9.17, 15) is 9.59 Å². The minimum atomic E-state index is -0.368. The molecule has 126 valence electrons. The van der Waals surface area contributed by atoms with E-state index in [4.69, 9.17) is 4.74 Å². The first-order chi connectivity index (χ1) is 12.2. The Morgan fingerprint density at radius 1 is 1.24 bits per heavy atom. The molecule has 0 aliphatic carbocycles. The molecule has 1 aliphatic rings. The van der Waals surface area contributed by atoms with Crippen molar-refractivity contribution < 1.29 is 14.3 Å². The van der Waals surface area contributed by atoms with E-state index in [1.165, 1.54) is 18.4 Å². The summed E-state index contributed by atoms with van der Waals surface area (Å²) in [6.07, 6.45) is 0.716. The Morgan fingerprint density at radius 2 is 2.12 bits per heavy atom. The van der Waals surface area contributed by atoms with Gasteiger partial charge in [-0.15, -0.1) is 11.3 Å². The molecular formula is C18H14N2O3S2. The molecule has 1 aliphatic heterocycles. The Balaban J connectivity index is 1.60. The number of nitrogens with zero attached hydrogens (tertiary/aromatic N) is 2. The number of hydrogen-bond acceptors (Lipinski definition) is 6. The first-order valence-electron chi connectivity index (χ1n) is 7.68. The van der Waals surface area contributed by atoms with Crippen molar-refractivity contribution in [3.05, 3.63) is 57.2 Å². The summed E-state index contributed by atoms with van der Waals surface area (Å²) in [7, 11) is 1.36. The average Bonchev–Trinajstić information content (AvgIpc) is 3.39. The average molecular weight is 370 g/mol. The fraction of sp³-hybridized carbons (Fsp3) is 0.167. The summed E-state index contributed by atoms with van der Waals surface area (Å²) in [5.74, 6) is -0.477. The molecule has 0 bridgehead atoms. The highest BCUT2D eigenvalue weighted by atomic mass is 32.1. The molecule has 5 nitrogen and oxygen atoms in total. The molecule has 3 aromatic rings. The van der Waals surface area contributed by atoms with Gasteiger partial charge in [-0.25, -0.2) is 9.78 Å². The van der Waals surface area contributed by atoms with Gasteiger partial charge in [0.15, 0.2) is 0 Å². The lowest BCUT2D eigenvalue weighted by molar-refractivity contribution is 0.0600. The number of benzene rings is 1. The molecule has 2 aromatic heterocycles. The number of anilines is 1. The van der Waals surface area contributed by atoms with Crippen molar-refractivity contribution in [2.45, 2.75) is 6.42 Å². The lowest BCUT2D eigenvalue weighted by Crippen LogP contribution is -2.29. The lowest BCUT2D eigenvalue weighted by Gasteiger charge is -2.16. The van der Waals surface area contributed by atoms with E-state index < -0.39 is 0 Å². The van der Waals surface area contributed by atoms with Crippen LogP contribution in [0.2, 0.25) is 0 Å². The molecule has 0 atom stereocenters. The van der Waals surface area contributed by atoms with E-state index in [1.54, 1.807) is 39.8 Å². The zero-order valence-corrected chi connectivity index (χ0v) is 15.0. The largest absolute Gasteiger partial charge is 0.465 e. The van der Waals surface area contributed by atoms with E-state index in [1.807, 2.05) is 16.8 Å². The number of carbonyl (C=O) groups is 2. The van der Waals surface area contributed by atoms with Crippen LogP contribution in [0, 0.1) is 0 Å². The van der Waals surface area contributed by atoms with Gasteiger partial charge in [0.2, 0.25) is 0 Å². The molecule has 25 heavy (non-hydrogen) atoms. The van der Waals surface area contributed by atoms with Crippen LogP contribution in [0.5, 0.6) is 0 Å². The van der Waals surface area contributed by atoms with Crippen molar-refractivity contribution in [3.8, 4) is 10.6 Å². The first-order valence-corrected chi connectivity index (χ1v) is 9.51. The molecule has 1 amide bonds. The fourth-order valence-electron chi connectivity index (χ4n) is 2.89. The third-order valence-electron chi connectivity index (χ3n) is 4.13. The van der Waals surface area contributed by atoms with Crippen molar-refractivity contribution in [1.82, 2.24) is 4.98 Å². The van der Waals surface area contributed by atoms with Crippen LogP contribution in [-0.2, 0) is 11.2 Å². The summed E-state index contributed by atoms with van der Waals surface area (Å²) in [4.78, 5) is 30.7. The normalized spacial score (nSPS) is 12.9. The van der Waals surface area contributed by atoms with Crippen LogP contribution in [0.25, 0.3) is 10.6 Å². The van der Waals surface area contributed by atoms with Gasteiger partial charge >= 0.3 is 5.97 Å². The summed E-state index contributed by atoms with van der Waals surface area (Å²) >= 11 is 3.08. The Bertz CT molecular complexity index is 947. The summed E-state index contributed by atoms with van der Waals surface area (Å²) in [6, 6.07) is 7.29. The maximum atomic E-state index is 12.8. The molecule has 7 heteroatoms. The second kappa shape index (κ2) is 6.42. The Kier molecular flexibility index (Phi) is 4.10. The summed E-state index contributed by atoms with van der Waals surface area (Å²) in [5.41, 5.74) is 3.81. The van der Waals surface area contributed by atoms with Crippen molar-refractivity contribution >= 4 is 40.2 Å². The Morgan fingerprint density at radius 3 is 2.88 bits per heavy atom. The molecular weight excluding hydrogens is 356 g/mol. The number of thiophene rings is 1. The van der Waals surface area contributed by atoms with Gasteiger partial charge in [-0.1, -0.05) is 0 Å².